The van der Waals surface area contributed by atoms with Gasteiger partial charge in [-0.1, -0.05) is 6.07 Å². The summed E-state index contributed by atoms with van der Waals surface area (Å²) in [5.74, 6) is 0.863. The van der Waals surface area contributed by atoms with E-state index in [2.05, 4.69) is 51.9 Å². The Balaban J connectivity index is 1.41. The van der Waals surface area contributed by atoms with E-state index in [1.807, 2.05) is 24.5 Å². The first-order valence-electron chi connectivity index (χ1n) is 10.9. The minimum atomic E-state index is 0.192. The summed E-state index contributed by atoms with van der Waals surface area (Å²) in [6.07, 6.45) is 10.0. The minimum absolute atomic E-state index is 0.192. The van der Waals surface area contributed by atoms with Crippen molar-refractivity contribution in [3.8, 4) is 22.3 Å². The van der Waals surface area contributed by atoms with Crippen molar-refractivity contribution >= 4 is 16.9 Å². The molecule has 1 aromatic carbocycles. The van der Waals surface area contributed by atoms with Crippen LogP contribution in [-0.4, -0.2) is 31.8 Å². The third kappa shape index (κ3) is 2.95. The molecule has 0 spiro atoms. The Morgan fingerprint density at radius 1 is 1.10 bits per heavy atom. The topological polar surface area (TPSA) is 61.9 Å². The molecule has 5 heteroatoms. The quantitative estimate of drug-likeness (QED) is 0.495. The lowest BCUT2D eigenvalue weighted by Gasteiger charge is -2.24. The third-order valence-electron chi connectivity index (χ3n) is 6.88. The molecule has 0 unspecified atom stereocenters. The summed E-state index contributed by atoms with van der Waals surface area (Å²) in [5.41, 5.74) is 8.35. The first-order valence-corrected chi connectivity index (χ1v) is 10.9. The molecule has 0 bridgehead atoms. The van der Waals surface area contributed by atoms with Gasteiger partial charge in [0, 0.05) is 59.5 Å². The summed E-state index contributed by atoms with van der Waals surface area (Å²) >= 11 is 0. The molecule has 0 radical (unpaired) electrons. The fourth-order valence-electron chi connectivity index (χ4n) is 4.95. The van der Waals surface area contributed by atoms with Crippen LogP contribution in [-0.2, 0) is 6.54 Å². The van der Waals surface area contributed by atoms with E-state index in [0.717, 1.165) is 50.0 Å². The first kappa shape index (κ1) is 18.3. The van der Waals surface area contributed by atoms with Gasteiger partial charge in [-0.25, -0.2) is 4.98 Å². The largest absolute Gasteiger partial charge is 0.346 e. The molecular formula is C26H24N4O. The molecule has 1 atom stereocenters. The molecule has 0 saturated heterocycles. The van der Waals surface area contributed by atoms with Crippen LogP contribution in [0.15, 0.2) is 55.1 Å². The van der Waals surface area contributed by atoms with E-state index in [1.165, 1.54) is 12.8 Å². The van der Waals surface area contributed by atoms with Gasteiger partial charge in [0.25, 0.3) is 5.91 Å². The van der Waals surface area contributed by atoms with Crippen LogP contribution < -0.4 is 0 Å². The van der Waals surface area contributed by atoms with Gasteiger partial charge in [-0.05, 0) is 79.1 Å². The number of aromatic amines is 1. The molecule has 6 rings (SSSR count). The van der Waals surface area contributed by atoms with Gasteiger partial charge in [0.1, 0.15) is 5.65 Å². The van der Waals surface area contributed by atoms with E-state index < -0.39 is 0 Å². The lowest BCUT2D eigenvalue weighted by Crippen LogP contribution is -2.34. The van der Waals surface area contributed by atoms with Crippen molar-refractivity contribution in [2.45, 2.75) is 39.3 Å². The van der Waals surface area contributed by atoms with Crippen molar-refractivity contribution in [2.75, 3.05) is 0 Å². The number of nitrogens with one attached hydrogen (secondary N) is 1. The van der Waals surface area contributed by atoms with Crippen LogP contribution in [0.25, 0.3) is 33.3 Å². The number of hydrogen-bond donors (Lipinski definition) is 1. The number of benzene rings is 1. The smallest absolute Gasteiger partial charge is 0.255 e. The van der Waals surface area contributed by atoms with Crippen molar-refractivity contribution in [1.29, 1.82) is 0 Å². The van der Waals surface area contributed by atoms with Crippen LogP contribution in [0.4, 0.5) is 0 Å². The number of fused-ring (bicyclic) bond motifs is 2. The first-order chi connectivity index (χ1) is 15.1. The van der Waals surface area contributed by atoms with Gasteiger partial charge in [-0.3, -0.25) is 9.78 Å². The summed E-state index contributed by atoms with van der Waals surface area (Å²) in [6.45, 7) is 4.96. The lowest BCUT2D eigenvalue weighted by molar-refractivity contribution is 0.0697. The number of aryl methyl sites for hydroxylation is 1. The van der Waals surface area contributed by atoms with E-state index in [-0.39, 0.29) is 5.91 Å². The number of carbonyl (C=O) groups is 1. The van der Waals surface area contributed by atoms with E-state index in [1.54, 1.807) is 12.4 Å². The Hall–Kier alpha value is -3.47. The molecule has 31 heavy (non-hydrogen) atoms. The molecule has 1 saturated carbocycles. The van der Waals surface area contributed by atoms with Gasteiger partial charge in [-0.15, -0.1) is 0 Å². The zero-order chi connectivity index (χ0) is 21.1. The Morgan fingerprint density at radius 3 is 2.68 bits per heavy atom. The predicted molar refractivity (Wildman–Crippen MR) is 122 cm³/mol. The van der Waals surface area contributed by atoms with Crippen LogP contribution >= 0.6 is 0 Å². The highest BCUT2D eigenvalue weighted by molar-refractivity contribution is 6.01. The fourth-order valence-corrected chi connectivity index (χ4v) is 4.95. The SMILES string of the molecule is Cc1cc(-c2cnc3[nH]cc(-c4ccncc4)c3c2)cc2c1C(=O)N([C@H](C)C1CC1)C2. The van der Waals surface area contributed by atoms with Crippen LogP contribution in [0.2, 0.25) is 0 Å². The highest BCUT2D eigenvalue weighted by atomic mass is 16.2. The molecule has 1 aliphatic heterocycles. The average molecular weight is 409 g/mol. The maximum atomic E-state index is 13.1. The van der Waals surface area contributed by atoms with E-state index >= 15 is 0 Å². The van der Waals surface area contributed by atoms with Crippen LogP contribution in [0.5, 0.6) is 0 Å². The summed E-state index contributed by atoms with van der Waals surface area (Å²) in [7, 11) is 0. The molecule has 5 nitrogen and oxygen atoms in total. The van der Waals surface area contributed by atoms with Gasteiger partial charge in [0.05, 0.1) is 0 Å². The van der Waals surface area contributed by atoms with E-state index in [0.29, 0.717) is 18.5 Å². The average Bonchev–Trinajstić information content (AvgIpc) is 3.47. The zero-order valence-corrected chi connectivity index (χ0v) is 17.7. The van der Waals surface area contributed by atoms with Gasteiger partial charge < -0.3 is 9.88 Å². The van der Waals surface area contributed by atoms with Gasteiger partial charge >= 0.3 is 0 Å². The van der Waals surface area contributed by atoms with Crippen LogP contribution in [0.3, 0.4) is 0 Å². The third-order valence-corrected chi connectivity index (χ3v) is 6.88. The second kappa shape index (κ2) is 6.77. The van der Waals surface area contributed by atoms with Crippen molar-refractivity contribution < 1.29 is 4.79 Å². The number of H-pyrrole nitrogens is 1. The Morgan fingerprint density at radius 2 is 1.90 bits per heavy atom. The van der Waals surface area contributed by atoms with Crippen LogP contribution in [0.1, 0.15) is 41.3 Å². The summed E-state index contributed by atoms with van der Waals surface area (Å²) in [6, 6.07) is 10.8. The van der Waals surface area contributed by atoms with Crippen LogP contribution in [0, 0.1) is 12.8 Å². The highest BCUT2D eigenvalue weighted by Crippen LogP contribution is 2.40. The standard InChI is InChI=1S/C26H24N4O/c1-15-9-19(10-21-14-30(26(31)24(15)21)16(2)17-3-4-17)20-11-22-23(13-29-25(22)28-12-20)18-5-7-27-8-6-18/h5-13,16-17H,3-4,14H2,1-2H3,(H,28,29)/t16-/m1/s1. The van der Waals surface area contributed by atoms with Gasteiger partial charge in [0.2, 0.25) is 0 Å². The Kier molecular flexibility index (Phi) is 4.00. The molecule has 1 amide bonds. The number of carbonyl (C=O) groups excluding carboxylic acids is 1. The van der Waals surface area contributed by atoms with Crippen molar-refractivity contribution in [3.63, 3.8) is 0 Å². The number of pyridine rings is 2. The molecule has 1 N–H and O–H groups in total. The summed E-state index contributed by atoms with van der Waals surface area (Å²) in [4.78, 5) is 27.2. The predicted octanol–water partition coefficient (Wildman–Crippen LogP) is 5.35. The highest BCUT2D eigenvalue weighted by Gasteiger charge is 2.39. The molecular weight excluding hydrogens is 384 g/mol. The fraction of sp³-hybridized carbons (Fsp3) is 0.269. The normalized spacial score (nSPS) is 16.7. The van der Waals surface area contributed by atoms with Gasteiger partial charge in [-0.2, -0.15) is 0 Å². The summed E-state index contributed by atoms with van der Waals surface area (Å²) < 4.78 is 0. The van der Waals surface area contributed by atoms with Crippen molar-refractivity contribution in [3.05, 3.63) is 71.8 Å². The van der Waals surface area contributed by atoms with Gasteiger partial charge in [0.15, 0.2) is 0 Å². The summed E-state index contributed by atoms with van der Waals surface area (Å²) in [5, 5.41) is 1.09. The van der Waals surface area contributed by atoms with E-state index in [4.69, 9.17) is 0 Å². The number of amides is 1. The Bertz CT molecular complexity index is 1320. The zero-order valence-electron chi connectivity index (χ0n) is 17.7. The second-order valence-corrected chi connectivity index (χ2v) is 8.90. The molecule has 3 aromatic heterocycles. The van der Waals surface area contributed by atoms with Crippen molar-refractivity contribution in [1.82, 2.24) is 19.9 Å². The molecule has 154 valence electrons. The second-order valence-electron chi connectivity index (χ2n) is 8.90. The number of aromatic nitrogens is 3. The monoisotopic (exact) mass is 408 g/mol. The molecule has 4 aromatic rings. The number of hydrogen-bond acceptors (Lipinski definition) is 3. The Labute approximate surface area is 181 Å². The lowest BCUT2D eigenvalue weighted by atomic mass is 9.96. The number of nitrogens with zero attached hydrogens (tertiary/aromatic N) is 3. The maximum absolute atomic E-state index is 13.1. The molecule has 2 aliphatic rings. The van der Waals surface area contributed by atoms with E-state index in [9.17, 15) is 4.79 Å². The minimum Gasteiger partial charge on any atom is -0.346 e. The van der Waals surface area contributed by atoms with Crippen molar-refractivity contribution in [2.24, 2.45) is 5.92 Å². The maximum Gasteiger partial charge on any atom is 0.255 e. The molecule has 1 aliphatic carbocycles. The molecule has 1 fully saturated rings. The molecule has 4 heterocycles. The number of rotatable bonds is 4.